The van der Waals surface area contributed by atoms with Gasteiger partial charge in [0.15, 0.2) is 5.69 Å². The maximum absolute atomic E-state index is 13.7. The normalized spacial score (nSPS) is 20.9. The van der Waals surface area contributed by atoms with E-state index in [1.807, 2.05) is 6.07 Å². The Kier molecular flexibility index (Phi) is 5.28. The zero-order valence-electron chi connectivity index (χ0n) is 15.8. The molecule has 1 aromatic carbocycles. The molecule has 1 fully saturated rings. The zero-order chi connectivity index (χ0) is 18.8. The Morgan fingerprint density at radius 1 is 1.15 bits per heavy atom. The molecule has 0 saturated heterocycles. The van der Waals surface area contributed by atoms with Crippen molar-refractivity contribution in [1.82, 2.24) is 9.78 Å². The van der Waals surface area contributed by atoms with E-state index in [0.29, 0.717) is 11.7 Å². The summed E-state index contributed by atoms with van der Waals surface area (Å²) >= 11 is 0. The number of fused-ring (bicyclic) bond motifs is 1. The molecule has 0 aliphatic heterocycles. The van der Waals surface area contributed by atoms with Crippen LogP contribution in [0.5, 0.6) is 0 Å². The number of hydrogen-bond donors (Lipinski definition) is 1. The van der Waals surface area contributed by atoms with Gasteiger partial charge in [-0.05, 0) is 56.2 Å². The van der Waals surface area contributed by atoms with Crippen molar-refractivity contribution in [3.05, 3.63) is 52.6 Å². The number of amides is 1. The average molecular weight is 369 g/mol. The van der Waals surface area contributed by atoms with Gasteiger partial charge in [0.1, 0.15) is 5.82 Å². The van der Waals surface area contributed by atoms with Crippen LogP contribution in [0.4, 0.5) is 4.39 Å². The molecule has 1 amide bonds. The number of hydrogen-bond acceptors (Lipinski definition) is 2. The molecule has 1 saturated carbocycles. The molecule has 4 nitrogen and oxygen atoms in total. The van der Waals surface area contributed by atoms with Gasteiger partial charge in [0.25, 0.3) is 5.91 Å². The molecule has 2 N–H and O–H groups in total. The third kappa shape index (κ3) is 3.78. The van der Waals surface area contributed by atoms with E-state index in [1.165, 1.54) is 31.0 Å². The van der Waals surface area contributed by atoms with Crippen LogP contribution in [0.3, 0.4) is 0 Å². The molecule has 2 aliphatic carbocycles. The molecule has 0 spiro atoms. The van der Waals surface area contributed by atoms with Crippen LogP contribution in [0, 0.1) is 5.82 Å². The van der Waals surface area contributed by atoms with Gasteiger partial charge in [-0.2, -0.15) is 5.10 Å². The van der Waals surface area contributed by atoms with Crippen LogP contribution in [-0.2, 0) is 12.8 Å². The maximum atomic E-state index is 13.7. The van der Waals surface area contributed by atoms with Crippen molar-refractivity contribution >= 4 is 5.91 Å². The fraction of sp³-hybridized carbons (Fsp3) is 0.545. The van der Waals surface area contributed by atoms with E-state index in [1.54, 1.807) is 12.1 Å². The first-order valence-corrected chi connectivity index (χ1v) is 10.3. The number of nitrogens with two attached hydrogens (primary N) is 1. The third-order valence-corrected chi connectivity index (χ3v) is 6.19. The molecule has 0 bridgehead atoms. The van der Waals surface area contributed by atoms with Crippen molar-refractivity contribution in [2.75, 3.05) is 0 Å². The number of carbonyl (C=O) groups excluding carboxylic acids is 1. The highest BCUT2D eigenvalue weighted by Crippen LogP contribution is 2.39. The summed E-state index contributed by atoms with van der Waals surface area (Å²) < 4.78 is 15.8. The van der Waals surface area contributed by atoms with E-state index in [9.17, 15) is 9.18 Å². The van der Waals surface area contributed by atoms with Crippen molar-refractivity contribution in [3.8, 4) is 0 Å². The first kappa shape index (κ1) is 18.2. The lowest BCUT2D eigenvalue weighted by Gasteiger charge is -2.27. The summed E-state index contributed by atoms with van der Waals surface area (Å²) in [5.74, 6) is -0.362. The standard InChI is InChI=1S/C22H28FN3O/c23-17-9-6-7-15(14-17)13-16-8-4-5-12-19-20(22(24)27)25-26(21(16)19)18-10-2-1-3-11-18/h6-7,9,14,16,18H,1-5,8,10-13H2,(H2,24,27). The highest BCUT2D eigenvalue weighted by atomic mass is 19.1. The summed E-state index contributed by atoms with van der Waals surface area (Å²) in [6.07, 6.45) is 10.7. The zero-order valence-corrected chi connectivity index (χ0v) is 15.8. The summed E-state index contributed by atoms with van der Waals surface area (Å²) in [6, 6.07) is 7.23. The topological polar surface area (TPSA) is 60.9 Å². The number of halogens is 1. The van der Waals surface area contributed by atoms with Crippen LogP contribution >= 0.6 is 0 Å². The Morgan fingerprint density at radius 3 is 2.67 bits per heavy atom. The minimum absolute atomic E-state index is 0.194. The Labute approximate surface area is 159 Å². The van der Waals surface area contributed by atoms with E-state index in [-0.39, 0.29) is 11.7 Å². The van der Waals surface area contributed by atoms with Crippen molar-refractivity contribution in [2.24, 2.45) is 5.73 Å². The lowest BCUT2D eigenvalue weighted by atomic mass is 9.89. The van der Waals surface area contributed by atoms with Crippen molar-refractivity contribution in [3.63, 3.8) is 0 Å². The van der Waals surface area contributed by atoms with Gasteiger partial charge in [0.05, 0.1) is 6.04 Å². The average Bonchev–Trinajstić information content (AvgIpc) is 2.93. The number of primary amides is 1. The first-order chi connectivity index (χ1) is 13.1. The third-order valence-electron chi connectivity index (χ3n) is 6.19. The fourth-order valence-electron chi connectivity index (χ4n) is 4.94. The second kappa shape index (κ2) is 7.83. The van der Waals surface area contributed by atoms with E-state index in [2.05, 4.69) is 4.68 Å². The molecular formula is C22H28FN3O. The Bertz CT molecular complexity index is 823. The van der Waals surface area contributed by atoms with Crippen LogP contribution in [0.15, 0.2) is 24.3 Å². The SMILES string of the molecule is NC(=O)c1nn(C2CCCCC2)c2c1CCCCC2Cc1cccc(F)c1. The summed E-state index contributed by atoms with van der Waals surface area (Å²) in [4.78, 5) is 12.1. The number of aromatic nitrogens is 2. The van der Waals surface area contributed by atoms with Crippen LogP contribution in [-0.4, -0.2) is 15.7 Å². The number of carbonyl (C=O) groups is 1. The predicted octanol–water partition coefficient (Wildman–Crippen LogP) is 4.68. The first-order valence-electron chi connectivity index (χ1n) is 10.3. The minimum Gasteiger partial charge on any atom is -0.364 e. The van der Waals surface area contributed by atoms with Gasteiger partial charge in [-0.1, -0.05) is 37.8 Å². The molecule has 27 heavy (non-hydrogen) atoms. The Morgan fingerprint density at radius 2 is 1.93 bits per heavy atom. The number of nitrogens with zero attached hydrogens (tertiary/aromatic N) is 2. The van der Waals surface area contributed by atoms with Gasteiger partial charge in [-0.3, -0.25) is 9.48 Å². The summed E-state index contributed by atoms with van der Waals surface area (Å²) in [5, 5.41) is 4.73. The second-order valence-electron chi connectivity index (χ2n) is 8.09. The summed E-state index contributed by atoms with van der Waals surface area (Å²) in [7, 11) is 0. The van der Waals surface area contributed by atoms with Gasteiger partial charge < -0.3 is 5.73 Å². The quantitative estimate of drug-likeness (QED) is 0.796. The minimum atomic E-state index is -0.424. The molecule has 1 atom stereocenters. The van der Waals surface area contributed by atoms with Gasteiger partial charge in [-0.25, -0.2) is 4.39 Å². The lowest BCUT2D eigenvalue weighted by Crippen LogP contribution is -2.20. The Hall–Kier alpha value is -2.17. The van der Waals surface area contributed by atoms with Gasteiger partial charge >= 0.3 is 0 Å². The molecule has 2 aromatic rings. The van der Waals surface area contributed by atoms with E-state index >= 15 is 0 Å². The van der Waals surface area contributed by atoms with Crippen LogP contribution in [0.25, 0.3) is 0 Å². The van der Waals surface area contributed by atoms with Crippen molar-refractivity contribution < 1.29 is 9.18 Å². The molecule has 4 rings (SSSR count). The molecule has 1 aromatic heterocycles. The molecule has 5 heteroatoms. The summed E-state index contributed by atoms with van der Waals surface area (Å²) in [6.45, 7) is 0. The van der Waals surface area contributed by atoms with E-state index < -0.39 is 5.91 Å². The van der Waals surface area contributed by atoms with Gasteiger partial charge in [-0.15, -0.1) is 0 Å². The fourth-order valence-corrected chi connectivity index (χ4v) is 4.94. The van der Waals surface area contributed by atoms with Gasteiger partial charge in [0, 0.05) is 17.2 Å². The summed E-state index contributed by atoms with van der Waals surface area (Å²) in [5.41, 5.74) is 9.39. The van der Waals surface area contributed by atoms with Crippen molar-refractivity contribution in [2.45, 2.75) is 76.2 Å². The molecule has 0 radical (unpaired) electrons. The van der Waals surface area contributed by atoms with Crippen LogP contribution < -0.4 is 5.73 Å². The highest BCUT2D eigenvalue weighted by Gasteiger charge is 2.32. The molecule has 1 heterocycles. The lowest BCUT2D eigenvalue weighted by molar-refractivity contribution is 0.0993. The molecule has 2 aliphatic rings. The maximum Gasteiger partial charge on any atom is 0.269 e. The molecular weight excluding hydrogens is 341 g/mol. The smallest absolute Gasteiger partial charge is 0.269 e. The van der Waals surface area contributed by atoms with E-state index in [4.69, 9.17) is 10.8 Å². The largest absolute Gasteiger partial charge is 0.364 e. The van der Waals surface area contributed by atoms with Crippen molar-refractivity contribution in [1.29, 1.82) is 0 Å². The monoisotopic (exact) mass is 369 g/mol. The van der Waals surface area contributed by atoms with E-state index in [0.717, 1.165) is 56.1 Å². The van der Waals surface area contributed by atoms with Crippen LogP contribution in [0.2, 0.25) is 0 Å². The number of rotatable bonds is 4. The molecule has 144 valence electrons. The highest BCUT2D eigenvalue weighted by molar-refractivity contribution is 5.92. The van der Waals surface area contributed by atoms with Crippen LogP contribution in [0.1, 0.15) is 90.6 Å². The second-order valence-corrected chi connectivity index (χ2v) is 8.09. The Balaban J connectivity index is 1.76. The molecule has 1 unspecified atom stereocenters. The number of benzene rings is 1. The predicted molar refractivity (Wildman–Crippen MR) is 103 cm³/mol. The van der Waals surface area contributed by atoms with Gasteiger partial charge in [0.2, 0.25) is 0 Å².